The molecule has 3 rings (SSSR count). The zero-order chi connectivity index (χ0) is 50.5. The SMILES string of the molecule is CC(CCCC(C)CC(=O)[O-])CCC(=O)C(C)C(=O)SCCNC(=O)CCNC(=O)[C@H](O)C(C)(C)COP(=O)([O-])OP(=O)([O-])OC[C@H]1O[C@H](n2cnc3c(N)ncnc32)[C@@H](O)[C@@H]1OP(=O)([O-])[O-]. The molecule has 1 fully saturated rings. The Morgan fingerprint density at radius 3 is 2.27 bits per heavy atom. The molecule has 0 aromatic carbocycles. The lowest BCUT2D eigenvalue weighted by atomic mass is 9.87. The first-order valence-electron chi connectivity index (χ1n) is 20.7. The van der Waals surface area contributed by atoms with Crippen LogP contribution in [0.1, 0.15) is 85.8 Å². The number of Topliss-reactive ketones (excluding diaryl/α,β-unsaturated/α-hetero) is 1. The number of phosphoric ester groups is 3. The highest BCUT2D eigenvalue weighted by atomic mass is 32.2. The molecular weight excluding hydrogens is 975 g/mol. The number of anilines is 1. The Morgan fingerprint density at radius 2 is 1.61 bits per heavy atom. The minimum absolute atomic E-state index is 0.000237. The molecule has 2 aromatic heterocycles. The second-order valence-electron chi connectivity index (χ2n) is 16.6. The van der Waals surface area contributed by atoms with Crippen LogP contribution < -0.4 is 41.0 Å². The number of hydrogen-bond donors (Lipinski definition) is 5. The van der Waals surface area contributed by atoms with Crippen LogP contribution in [0.25, 0.3) is 11.2 Å². The van der Waals surface area contributed by atoms with Gasteiger partial charge in [-0.3, -0.25) is 32.9 Å². The van der Waals surface area contributed by atoms with Crippen LogP contribution in [-0.4, -0.2) is 115 Å². The molecule has 0 saturated carbocycles. The van der Waals surface area contributed by atoms with Gasteiger partial charge in [-0.25, -0.2) is 19.3 Å². The minimum atomic E-state index is -5.95. The van der Waals surface area contributed by atoms with Crippen LogP contribution in [-0.2, 0) is 60.3 Å². The molecule has 1 aliphatic rings. The van der Waals surface area contributed by atoms with Crippen molar-refractivity contribution in [3.8, 4) is 0 Å². The lowest BCUT2D eigenvalue weighted by molar-refractivity contribution is -0.347. The van der Waals surface area contributed by atoms with E-state index in [4.69, 9.17) is 10.5 Å². The van der Waals surface area contributed by atoms with Crippen molar-refractivity contribution in [1.82, 2.24) is 30.2 Å². The number of carbonyl (C=O) groups is 5. The van der Waals surface area contributed by atoms with Gasteiger partial charge >= 0.3 is 0 Å². The van der Waals surface area contributed by atoms with Gasteiger partial charge in [0, 0.05) is 43.1 Å². The van der Waals surface area contributed by atoms with Gasteiger partial charge in [0.05, 0.1) is 33.3 Å². The number of thioether (sulfide) groups is 1. The number of aliphatic carboxylic acids is 1. The number of nitrogens with zero attached hydrogens (tertiary/aromatic N) is 4. The zero-order valence-electron chi connectivity index (χ0n) is 37.1. The van der Waals surface area contributed by atoms with Crippen molar-refractivity contribution in [2.24, 2.45) is 23.2 Å². The molecule has 0 spiro atoms. The fourth-order valence-electron chi connectivity index (χ4n) is 6.47. The lowest BCUT2D eigenvalue weighted by Gasteiger charge is -2.36. The van der Waals surface area contributed by atoms with Gasteiger partial charge in [0.25, 0.3) is 15.6 Å². The van der Waals surface area contributed by atoms with Crippen LogP contribution in [0, 0.1) is 23.2 Å². The zero-order valence-corrected chi connectivity index (χ0v) is 40.6. The number of phosphoric acid groups is 3. The fraction of sp³-hybridized carbons (Fsp3) is 0.722. The minimum Gasteiger partial charge on any atom is -0.790 e. The summed E-state index contributed by atoms with van der Waals surface area (Å²) in [7, 11) is -17.7. The standard InChI is InChI=1S/C36H60N7O20P3S/c1-20(7-6-8-21(2)15-26(46)47)9-10-23(44)22(3)35(51)67-14-13-38-25(45)11-12-39-33(50)30(49)36(4,5)17-60-66(57,58)63-65(55,56)59-16-24-29(62-64(52,53)54)28(48)34(61-24)43-19-42-27-31(37)40-18-41-32(27)43/h18-22,24,28-30,34,48-49H,6-17H2,1-5H3,(H,38,45)(H,39,50)(H,46,47)(H,55,56)(H,57,58)(H2,37,40,41)(H2,52,53,54)/p-5/t20?,21?,22?,24-,28+,29-,30+,34+/m1/s1. The summed E-state index contributed by atoms with van der Waals surface area (Å²) in [6.07, 6.45) is -4.64. The van der Waals surface area contributed by atoms with Crippen LogP contribution in [0.4, 0.5) is 5.82 Å². The maximum atomic E-state index is 12.6. The van der Waals surface area contributed by atoms with Crippen molar-refractivity contribution in [2.75, 3.05) is 37.8 Å². The normalized spacial score (nSPS) is 21.4. The molecule has 1 saturated heterocycles. The van der Waals surface area contributed by atoms with Crippen molar-refractivity contribution in [3.63, 3.8) is 0 Å². The largest absolute Gasteiger partial charge is 0.790 e. The van der Waals surface area contributed by atoms with Gasteiger partial charge in [-0.15, -0.1) is 0 Å². The summed E-state index contributed by atoms with van der Waals surface area (Å²) >= 11 is 0.877. The van der Waals surface area contributed by atoms with Crippen LogP contribution in [0.2, 0.25) is 0 Å². The highest BCUT2D eigenvalue weighted by Gasteiger charge is 2.47. The van der Waals surface area contributed by atoms with E-state index in [0.29, 0.717) is 6.42 Å². The van der Waals surface area contributed by atoms with Crippen molar-refractivity contribution in [1.29, 1.82) is 0 Å². The van der Waals surface area contributed by atoms with E-state index in [0.717, 1.165) is 48.2 Å². The maximum Gasteiger partial charge on any atom is 0.274 e. The van der Waals surface area contributed by atoms with Gasteiger partial charge in [0.2, 0.25) is 11.8 Å². The molecule has 5 unspecified atom stereocenters. The van der Waals surface area contributed by atoms with Gasteiger partial charge in [0.15, 0.2) is 22.8 Å². The summed E-state index contributed by atoms with van der Waals surface area (Å²) < 4.78 is 60.7. The van der Waals surface area contributed by atoms with Gasteiger partial charge in [-0.1, -0.05) is 58.7 Å². The van der Waals surface area contributed by atoms with E-state index in [1.54, 1.807) is 0 Å². The predicted octanol–water partition coefficient (Wildman–Crippen LogP) is -2.30. The molecule has 3 heterocycles. The molecule has 27 nitrogen and oxygen atoms in total. The molecule has 2 amide bonds. The van der Waals surface area contributed by atoms with E-state index in [-0.39, 0.29) is 77.8 Å². The van der Waals surface area contributed by atoms with Crippen LogP contribution >= 0.6 is 35.2 Å². The number of carboxylic acid groups (broad SMARTS) is 1. The predicted molar refractivity (Wildman–Crippen MR) is 223 cm³/mol. The molecule has 1 aliphatic heterocycles. The third-order valence-electron chi connectivity index (χ3n) is 10.4. The van der Waals surface area contributed by atoms with E-state index < -0.39 is 96.4 Å². The van der Waals surface area contributed by atoms with E-state index in [9.17, 15) is 72.6 Å². The average molecular weight is 1030 g/mol. The molecule has 0 aliphatic carbocycles. The maximum absolute atomic E-state index is 12.6. The van der Waals surface area contributed by atoms with Gasteiger partial charge in [-0.2, -0.15) is 0 Å². The number of nitrogens with two attached hydrogens (primary N) is 1. The Balaban J connectivity index is 1.38. The molecule has 6 N–H and O–H groups in total. The molecule has 2 aromatic rings. The van der Waals surface area contributed by atoms with Crippen molar-refractivity contribution in [3.05, 3.63) is 12.7 Å². The number of carbonyl (C=O) groups excluding carboxylic acids is 5. The monoisotopic (exact) mass is 1030 g/mol. The third-order valence-corrected chi connectivity index (χ3v) is 14.4. The Hall–Kier alpha value is -3.30. The van der Waals surface area contributed by atoms with Crippen molar-refractivity contribution < 1.29 is 95.2 Å². The number of fused-ring (bicyclic) bond motifs is 1. The molecule has 380 valence electrons. The summed E-state index contributed by atoms with van der Waals surface area (Å²) in [5, 5.41) is 36.6. The number of aromatic nitrogens is 4. The first-order chi connectivity index (χ1) is 31.0. The molecule has 10 atom stereocenters. The second kappa shape index (κ2) is 25.5. The molecule has 0 bridgehead atoms. The van der Waals surface area contributed by atoms with Crippen LogP contribution in [0.15, 0.2) is 12.7 Å². The number of nitrogens with one attached hydrogen (secondary N) is 2. The number of ketones is 1. The van der Waals surface area contributed by atoms with Gasteiger partial charge < -0.3 is 78.9 Å². The van der Waals surface area contributed by atoms with Gasteiger partial charge in [0.1, 0.15) is 42.0 Å². The topological polar surface area (TPSA) is 432 Å². The first-order valence-corrected chi connectivity index (χ1v) is 26.1. The third kappa shape index (κ3) is 19.2. The Kier molecular flexibility index (Phi) is 22.1. The fourth-order valence-corrected chi connectivity index (χ4v) is 9.99. The van der Waals surface area contributed by atoms with E-state index in [1.165, 1.54) is 20.8 Å². The molecule has 0 radical (unpaired) electrons. The number of amides is 2. The molecule has 67 heavy (non-hydrogen) atoms. The lowest BCUT2D eigenvalue weighted by Crippen LogP contribution is -2.46. The summed E-state index contributed by atoms with van der Waals surface area (Å²) in [6.45, 7) is 5.14. The Bertz CT molecular complexity index is 2180. The van der Waals surface area contributed by atoms with E-state index >= 15 is 0 Å². The number of nitrogen functional groups attached to an aromatic ring is 1. The van der Waals surface area contributed by atoms with Crippen molar-refractivity contribution >= 4 is 80.9 Å². The highest BCUT2D eigenvalue weighted by molar-refractivity contribution is 8.13. The number of ether oxygens (including phenoxy) is 1. The molecular formula is C36H55N7O20P3S-5. The Morgan fingerprint density at radius 1 is 0.955 bits per heavy atom. The smallest absolute Gasteiger partial charge is 0.274 e. The summed E-state index contributed by atoms with van der Waals surface area (Å²) in [5.41, 5.74) is 4.00. The summed E-state index contributed by atoms with van der Waals surface area (Å²) in [4.78, 5) is 120. The average Bonchev–Trinajstić information content (AvgIpc) is 3.78. The number of rotatable bonds is 30. The summed E-state index contributed by atoms with van der Waals surface area (Å²) in [6, 6.07) is 0. The van der Waals surface area contributed by atoms with Crippen molar-refractivity contribution in [2.45, 2.75) is 110 Å². The first kappa shape index (κ1) is 58.0. The van der Waals surface area contributed by atoms with Crippen LogP contribution in [0.5, 0.6) is 0 Å². The Labute approximate surface area is 389 Å². The number of hydrogen-bond acceptors (Lipinski definition) is 25. The highest BCUT2D eigenvalue weighted by Crippen LogP contribution is 2.56. The van der Waals surface area contributed by atoms with E-state index in [1.807, 2.05) is 13.8 Å². The number of imidazole rings is 1. The number of carboxylic acids is 1. The van der Waals surface area contributed by atoms with E-state index in [2.05, 4.69) is 43.5 Å². The number of aliphatic hydroxyl groups is 2. The molecule has 31 heteroatoms. The quantitative estimate of drug-likeness (QED) is 0.0312. The summed E-state index contributed by atoms with van der Waals surface area (Å²) in [5.74, 6) is -3.45. The van der Waals surface area contributed by atoms with Gasteiger partial charge in [-0.05, 0) is 31.6 Å². The van der Waals surface area contributed by atoms with Crippen LogP contribution in [0.3, 0.4) is 0 Å². The number of aliphatic hydroxyl groups excluding tert-OH is 2. The second-order valence-corrected chi connectivity index (χ2v) is 21.8.